The van der Waals surface area contributed by atoms with E-state index in [4.69, 9.17) is 9.84 Å². The molecule has 3 nitrogen and oxygen atoms in total. The summed E-state index contributed by atoms with van der Waals surface area (Å²) < 4.78 is 5.72. The number of aryl methyl sites for hydroxylation is 1. The normalized spacial score (nSPS) is 11.9. The zero-order valence-corrected chi connectivity index (χ0v) is 11.7. The molecular weight excluding hydrogens is 252 g/mol. The Morgan fingerprint density at radius 2 is 1.90 bits per heavy atom. The molecule has 2 rings (SSSR count). The zero-order chi connectivity index (χ0) is 14.5. The van der Waals surface area contributed by atoms with Gasteiger partial charge in [-0.15, -0.1) is 0 Å². The fourth-order valence-corrected chi connectivity index (χ4v) is 2.10. The third-order valence-corrected chi connectivity index (χ3v) is 3.33. The van der Waals surface area contributed by atoms with Crippen molar-refractivity contribution in [3.05, 3.63) is 65.2 Å². The number of rotatable bonds is 5. The molecule has 0 aliphatic heterocycles. The van der Waals surface area contributed by atoms with Gasteiger partial charge in [0, 0.05) is 0 Å². The van der Waals surface area contributed by atoms with Crippen LogP contribution in [0.15, 0.2) is 48.5 Å². The van der Waals surface area contributed by atoms with Crippen LogP contribution in [0, 0.1) is 6.92 Å². The maximum Gasteiger partial charge on any atom is 0.310 e. The van der Waals surface area contributed by atoms with Gasteiger partial charge in [-0.25, -0.2) is 0 Å². The van der Waals surface area contributed by atoms with Crippen molar-refractivity contribution < 1.29 is 14.6 Å². The molecule has 0 fully saturated rings. The number of carboxylic acid groups (broad SMARTS) is 1. The number of aliphatic carboxylic acids is 1. The van der Waals surface area contributed by atoms with Crippen LogP contribution in [-0.2, 0) is 11.4 Å². The molecular formula is C17H18O3. The first-order valence-corrected chi connectivity index (χ1v) is 6.58. The third-order valence-electron chi connectivity index (χ3n) is 3.33. The summed E-state index contributed by atoms with van der Waals surface area (Å²) in [4.78, 5) is 11.0. The Hall–Kier alpha value is -2.29. The van der Waals surface area contributed by atoms with Gasteiger partial charge in [0.15, 0.2) is 0 Å². The van der Waals surface area contributed by atoms with Crippen LogP contribution in [0.25, 0.3) is 0 Å². The van der Waals surface area contributed by atoms with E-state index in [9.17, 15) is 4.79 Å². The molecule has 1 atom stereocenters. The highest BCUT2D eigenvalue weighted by atomic mass is 16.5. The Bertz CT molecular complexity index is 590. The van der Waals surface area contributed by atoms with Gasteiger partial charge in [0.2, 0.25) is 0 Å². The van der Waals surface area contributed by atoms with Crippen molar-refractivity contribution >= 4 is 5.97 Å². The van der Waals surface area contributed by atoms with E-state index in [0.717, 1.165) is 22.4 Å². The van der Waals surface area contributed by atoms with Crippen LogP contribution in [0.3, 0.4) is 0 Å². The van der Waals surface area contributed by atoms with E-state index in [2.05, 4.69) is 0 Å². The van der Waals surface area contributed by atoms with Gasteiger partial charge in [0.1, 0.15) is 12.4 Å². The highest BCUT2D eigenvalue weighted by Gasteiger charge is 2.16. The maximum atomic E-state index is 11.0. The van der Waals surface area contributed by atoms with Crippen LogP contribution in [0.1, 0.15) is 29.5 Å². The van der Waals surface area contributed by atoms with E-state index in [1.54, 1.807) is 6.92 Å². The lowest BCUT2D eigenvalue weighted by molar-refractivity contribution is -0.138. The van der Waals surface area contributed by atoms with Gasteiger partial charge >= 0.3 is 5.97 Å². The Morgan fingerprint density at radius 3 is 2.50 bits per heavy atom. The minimum atomic E-state index is -0.814. The smallest absolute Gasteiger partial charge is 0.310 e. The summed E-state index contributed by atoms with van der Waals surface area (Å²) in [5.41, 5.74) is 2.86. The molecule has 0 saturated heterocycles. The lowest BCUT2D eigenvalue weighted by Gasteiger charge is -2.13. The molecule has 0 unspecified atom stereocenters. The lowest BCUT2D eigenvalue weighted by Crippen LogP contribution is -2.09. The van der Waals surface area contributed by atoms with Crippen LogP contribution >= 0.6 is 0 Å². The Morgan fingerprint density at radius 1 is 1.20 bits per heavy atom. The molecule has 0 bridgehead atoms. The summed E-state index contributed by atoms with van der Waals surface area (Å²) in [5.74, 6) is -0.558. The predicted molar refractivity (Wildman–Crippen MR) is 78.0 cm³/mol. The van der Waals surface area contributed by atoms with Gasteiger partial charge in [-0.05, 0) is 42.7 Å². The molecule has 0 aliphatic carbocycles. The Kier molecular flexibility index (Phi) is 4.41. The molecule has 1 N–H and O–H groups in total. The first kappa shape index (κ1) is 14.1. The van der Waals surface area contributed by atoms with E-state index in [-0.39, 0.29) is 0 Å². The molecule has 2 aromatic rings. The molecule has 0 aliphatic rings. The average Bonchev–Trinajstić information content (AvgIpc) is 2.45. The van der Waals surface area contributed by atoms with Crippen molar-refractivity contribution in [2.75, 3.05) is 0 Å². The molecule has 0 amide bonds. The largest absolute Gasteiger partial charge is 0.489 e. The van der Waals surface area contributed by atoms with Gasteiger partial charge in [-0.3, -0.25) is 4.79 Å². The summed E-state index contributed by atoms with van der Waals surface area (Å²) in [6.45, 7) is 4.10. The second kappa shape index (κ2) is 6.24. The number of benzene rings is 2. The minimum absolute atomic E-state index is 0.502. The second-order valence-corrected chi connectivity index (χ2v) is 4.85. The molecule has 3 heteroatoms. The van der Waals surface area contributed by atoms with Gasteiger partial charge in [0.25, 0.3) is 0 Å². The second-order valence-electron chi connectivity index (χ2n) is 4.85. The lowest BCUT2D eigenvalue weighted by atomic mass is 9.96. The monoisotopic (exact) mass is 270 g/mol. The van der Waals surface area contributed by atoms with E-state index in [1.807, 2.05) is 55.5 Å². The molecule has 2 aromatic carbocycles. The quantitative estimate of drug-likeness (QED) is 0.899. The first-order valence-electron chi connectivity index (χ1n) is 6.58. The van der Waals surface area contributed by atoms with Gasteiger partial charge in [0.05, 0.1) is 5.92 Å². The molecule has 0 heterocycles. The van der Waals surface area contributed by atoms with Crippen LogP contribution < -0.4 is 4.74 Å². The van der Waals surface area contributed by atoms with Crippen LogP contribution in [0.4, 0.5) is 0 Å². The van der Waals surface area contributed by atoms with Crippen molar-refractivity contribution in [3.8, 4) is 5.75 Å². The molecule has 104 valence electrons. The van der Waals surface area contributed by atoms with Gasteiger partial charge in [-0.2, -0.15) is 0 Å². The predicted octanol–water partition coefficient (Wildman–Crippen LogP) is 3.76. The summed E-state index contributed by atoms with van der Waals surface area (Å²) >= 11 is 0. The molecule has 0 saturated carbocycles. The maximum absolute atomic E-state index is 11.0. The molecule has 0 radical (unpaired) electrons. The topological polar surface area (TPSA) is 46.5 Å². The van der Waals surface area contributed by atoms with Crippen LogP contribution in [0.2, 0.25) is 0 Å². The summed E-state index contributed by atoms with van der Waals surface area (Å²) in [5, 5.41) is 9.05. The number of hydrogen-bond donors (Lipinski definition) is 1. The fraction of sp³-hybridized carbons (Fsp3) is 0.235. The molecule has 0 aromatic heterocycles. The van der Waals surface area contributed by atoms with E-state index < -0.39 is 11.9 Å². The highest BCUT2D eigenvalue weighted by Crippen LogP contribution is 2.24. The van der Waals surface area contributed by atoms with E-state index in [1.165, 1.54) is 0 Å². The van der Waals surface area contributed by atoms with Crippen molar-refractivity contribution in [1.82, 2.24) is 0 Å². The number of carbonyl (C=O) groups is 1. The zero-order valence-electron chi connectivity index (χ0n) is 11.7. The Labute approximate surface area is 118 Å². The highest BCUT2D eigenvalue weighted by molar-refractivity contribution is 5.76. The summed E-state index contributed by atoms with van der Waals surface area (Å²) in [6, 6.07) is 15.5. The van der Waals surface area contributed by atoms with Crippen molar-refractivity contribution in [2.24, 2.45) is 0 Å². The minimum Gasteiger partial charge on any atom is -0.489 e. The number of hydrogen-bond acceptors (Lipinski definition) is 2. The van der Waals surface area contributed by atoms with E-state index >= 15 is 0 Å². The van der Waals surface area contributed by atoms with Gasteiger partial charge in [-0.1, -0.05) is 36.4 Å². The first-order chi connectivity index (χ1) is 9.58. The Balaban J connectivity index is 2.08. The van der Waals surface area contributed by atoms with Gasteiger partial charge < -0.3 is 9.84 Å². The van der Waals surface area contributed by atoms with Crippen LogP contribution in [-0.4, -0.2) is 11.1 Å². The summed E-state index contributed by atoms with van der Waals surface area (Å²) in [6.07, 6.45) is 0. The van der Waals surface area contributed by atoms with Crippen molar-refractivity contribution in [1.29, 1.82) is 0 Å². The fourth-order valence-electron chi connectivity index (χ4n) is 2.10. The summed E-state index contributed by atoms with van der Waals surface area (Å²) in [7, 11) is 0. The van der Waals surface area contributed by atoms with Crippen molar-refractivity contribution in [3.63, 3.8) is 0 Å². The number of ether oxygens (including phenoxy) is 1. The average molecular weight is 270 g/mol. The third kappa shape index (κ3) is 3.38. The SMILES string of the molecule is Cc1cc(OCc2ccccc2)ccc1[C@H](C)C(=O)O. The molecule has 20 heavy (non-hydrogen) atoms. The standard InChI is InChI=1S/C17H18O3/c1-12-10-15(8-9-16(12)13(2)17(18)19)20-11-14-6-4-3-5-7-14/h3-10,13H,11H2,1-2H3,(H,18,19)/t13-/m0/s1. The molecule has 0 spiro atoms. The van der Waals surface area contributed by atoms with E-state index in [0.29, 0.717) is 6.61 Å². The number of carboxylic acids is 1. The van der Waals surface area contributed by atoms with Crippen molar-refractivity contribution in [2.45, 2.75) is 26.4 Å². The van der Waals surface area contributed by atoms with Crippen LogP contribution in [0.5, 0.6) is 5.75 Å².